The van der Waals surface area contributed by atoms with Gasteiger partial charge in [0.15, 0.2) is 0 Å². The summed E-state index contributed by atoms with van der Waals surface area (Å²) in [6, 6.07) is 7.85. The molecular formula is C15H17N3O. The number of carbonyl (C=O) groups excluding carboxylic acids is 1. The summed E-state index contributed by atoms with van der Waals surface area (Å²) in [6.07, 6.45) is 6.38. The van der Waals surface area contributed by atoms with E-state index in [1.165, 1.54) is 24.8 Å². The lowest BCUT2D eigenvalue weighted by Gasteiger charge is -2.33. The highest BCUT2D eigenvalue weighted by Crippen LogP contribution is 2.42. The normalized spacial score (nSPS) is 16.9. The lowest BCUT2D eigenvalue weighted by atomic mass is 9.72. The molecule has 3 rings (SSSR count). The Morgan fingerprint density at radius 3 is 2.84 bits per heavy atom. The first-order chi connectivity index (χ1) is 9.29. The Bertz CT molecular complexity index is 587. The van der Waals surface area contributed by atoms with Gasteiger partial charge in [-0.15, -0.1) is 10.2 Å². The summed E-state index contributed by atoms with van der Waals surface area (Å²) < 4.78 is 1.98. The van der Waals surface area contributed by atoms with Gasteiger partial charge in [-0.3, -0.25) is 4.79 Å². The van der Waals surface area contributed by atoms with Gasteiger partial charge in [-0.05, 0) is 30.4 Å². The summed E-state index contributed by atoms with van der Waals surface area (Å²) in [4.78, 5) is 11.0. The van der Waals surface area contributed by atoms with Crippen LogP contribution in [0.3, 0.4) is 0 Å². The highest BCUT2D eigenvalue weighted by atomic mass is 16.1. The summed E-state index contributed by atoms with van der Waals surface area (Å²) >= 11 is 0. The van der Waals surface area contributed by atoms with E-state index < -0.39 is 0 Å². The number of aldehydes is 1. The molecule has 2 aromatic rings. The first-order valence-corrected chi connectivity index (χ1v) is 6.68. The SMILES string of the molecule is Cn1cnnc1C(c1cccc(C=O)c1)C1CCC1. The molecule has 1 atom stereocenters. The minimum absolute atomic E-state index is 0.251. The van der Waals surface area contributed by atoms with Gasteiger partial charge in [0, 0.05) is 18.5 Å². The number of aryl methyl sites for hydroxylation is 1. The van der Waals surface area contributed by atoms with Gasteiger partial charge < -0.3 is 4.57 Å². The van der Waals surface area contributed by atoms with Crippen LogP contribution in [0.15, 0.2) is 30.6 Å². The predicted octanol–water partition coefficient (Wildman–Crippen LogP) is 2.56. The van der Waals surface area contributed by atoms with Crippen molar-refractivity contribution in [2.24, 2.45) is 13.0 Å². The van der Waals surface area contributed by atoms with Crippen LogP contribution in [0.5, 0.6) is 0 Å². The number of rotatable bonds is 4. The van der Waals surface area contributed by atoms with Crippen LogP contribution < -0.4 is 0 Å². The molecule has 1 aromatic carbocycles. The van der Waals surface area contributed by atoms with Crippen LogP contribution in [0.2, 0.25) is 0 Å². The second-order valence-corrected chi connectivity index (χ2v) is 5.26. The molecular weight excluding hydrogens is 238 g/mol. The maximum Gasteiger partial charge on any atom is 0.150 e. The fourth-order valence-corrected chi connectivity index (χ4v) is 2.80. The second kappa shape index (κ2) is 4.96. The van der Waals surface area contributed by atoms with Crippen LogP contribution >= 0.6 is 0 Å². The second-order valence-electron chi connectivity index (χ2n) is 5.26. The average molecular weight is 255 g/mol. The van der Waals surface area contributed by atoms with Crippen molar-refractivity contribution < 1.29 is 4.79 Å². The Morgan fingerprint density at radius 2 is 2.26 bits per heavy atom. The summed E-state index contributed by atoms with van der Waals surface area (Å²) in [7, 11) is 1.98. The molecule has 1 aliphatic carbocycles. The third-order valence-electron chi connectivity index (χ3n) is 4.05. The lowest BCUT2D eigenvalue weighted by Crippen LogP contribution is -2.24. The number of nitrogens with zero attached hydrogens (tertiary/aromatic N) is 3. The van der Waals surface area contributed by atoms with Crippen LogP contribution in [0.1, 0.15) is 46.9 Å². The minimum atomic E-state index is 0.251. The third-order valence-corrected chi connectivity index (χ3v) is 4.05. The van der Waals surface area contributed by atoms with Crippen molar-refractivity contribution >= 4 is 6.29 Å². The topological polar surface area (TPSA) is 47.8 Å². The Balaban J connectivity index is 2.03. The zero-order valence-electron chi connectivity index (χ0n) is 11.0. The number of carbonyl (C=O) groups is 1. The molecule has 1 unspecified atom stereocenters. The monoisotopic (exact) mass is 255 g/mol. The van der Waals surface area contributed by atoms with Crippen LogP contribution in [-0.2, 0) is 7.05 Å². The van der Waals surface area contributed by atoms with Crippen molar-refractivity contribution in [2.45, 2.75) is 25.2 Å². The molecule has 4 heteroatoms. The molecule has 0 amide bonds. The first kappa shape index (κ1) is 12.1. The molecule has 0 spiro atoms. The fraction of sp³-hybridized carbons (Fsp3) is 0.400. The molecule has 0 N–H and O–H groups in total. The van der Waals surface area contributed by atoms with E-state index in [1.807, 2.05) is 29.8 Å². The molecule has 1 aromatic heterocycles. The Morgan fingerprint density at radius 1 is 1.42 bits per heavy atom. The van der Waals surface area contributed by atoms with E-state index in [-0.39, 0.29) is 5.92 Å². The molecule has 0 aliphatic heterocycles. The van der Waals surface area contributed by atoms with Crippen LogP contribution in [0, 0.1) is 5.92 Å². The van der Waals surface area contributed by atoms with Gasteiger partial charge in [0.2, 0.25) is 0 Å². The molecule has 98 valence electrons. The zero-order valence-corrected chi connectivity index (χ0v) is 11.0. The van der Waals surface area contributed by atoms with Gasteiger partial charge in [0.1, 0.15) is 18.4 Å². The summed E-state index contributed by atoms with van der Waals surface area (Å²) in [5.74, 6) is 1.86. The van der Waals surface area contributed by atoms with Gasteiger partial charge >= 0.3 is 0 Å². The van der Waals surface area contributed by atoms with Gasteiger partial charge in [-0.2, -0.15) is 0 Å². The van der Waals surface area contributed by atoms with Crippen molar-refractivity contribution in [3.8, 4) is 0 Å². The zero-order chi connectivity index (χ0) is 13.2. The van der Waals surface area contributed by atoms with E-state index in [0.29, 0.717) is 5.92 Å². The van der Waals surface area contributed by atoms with Gasteiger partial charge in [-0.25, -0.2) is 0 Å². The molecule has 4 nitrogen and oxygen atoms in total. The maximum absolute atomic E-state index is 11.0. The van der Waals surface area contributed by atoms with E-state index in [0.717, 1.165) is 17.7 Å². The minimum Gasteiger partial charge on any atom is -0.320 e. The van der Waals surface area contributed by atoms with Crippen molar-refractivity contribution in [1.82, 2.24) is 14.8 Å². The third kappa shape index (κ3) is 2.18. The van der Waals surface area contributed by atoms with E-state index >= 15 is 0 Å². The van der Waals surface area contributed by atoms with Gasteiger partial charge in [0.05, 0.1) is 0 Å². The van der Waals surface area contributed by atoms with Crippen molar-refractivity contribution in [3.05, 3.63) is 47.5 Å². The van der Waals surface area contributed by atoms with E-state index in [4.69, 9.17) is 0 Å². The summed E-state index contributed by atoms with van der Waals surface area (Å²) in [6.45, 7) is 0. The predicted molar refractivity (Wildman–Crippen MR) is 72.0 cm³/mol. The molecule has 1 saturated carbocycles. The highest BCUT2D eigenvalue weighted by molar-refractivity contribution is 5.75. The highest BCUT2D eigenvalue weighted by Gasteiger charge is 2.32. The maximum atomic E-state index is 11.0. The fourth-order valence-electron chi connectivity index (χ4n) is 2.80. The molecule has 1 heterocycles. The molecule has 0 radical (unpaired) electrons. The number of benzene rings is 1. The molecule has 19 heavy (non-hydrogen) atoms. The average Bonchev–Trinajstić information content (AvgIpc) is 2.79. The quantitative estimate of drug-likeness (QED) is 0.789. The number of hydrogen-bond donors (Lipinski definition) is 0. The standard InChI is InChI=1S/C15H17N3O/c1-18-10-16-17-15(18)14(12-5-3-6-12)13-7-2-4-11(8-13)9-19/h2,4,7-10,12,14H,3,5-6H2,1H3. The smallest absolute Gasteiger partial charge is 0.150 e. The Labute approximate surface area is 112 Å². The molecule has 0 saturated heterocycles. The first-order valence-electron chi connectivity index (χ1n) is 6.68. The molecule has 1 fully saturated rings. The Kier molecular flexibility index (Phi) is 3.15. The lowest BCUT2D eigenvalue weighted by molar-refractivity contribution is 0.112. The summed E-state index contributed by atoms with van der Waals surface area (Å²) in [5.41, 5.74) is 1.90. The Hall–Kier alpha value is -1.97. The van der Waals surface area contributed by atoms with Gasteiger partial charge in [-0.1, -0.05) is 24.6 Å². The number of aromatic nitrogens is 3. The van der Waals surface area contributed by atoms with E-state index in [9.17, 15) is 4.79 Å². The van der Waals surface area contributed by atoms with E-state index in [1.54, 1.807) is 6.33 Å². The van der Waals surface area contributed by atoms with Crippen LogP contribution in [0.4, 0.5) is 0 Å². The van der Waals surface area contributed by atoms with E-state index in [2.05, 4.69) is 16.3 Å². The van der Waals surface area contributed by atoms with Crippen molar-refractivity contribution in [1.29, 1.82) is 0 Å². The largest absolute Gasteiger partial charge is 0.320 e. The molecule has 0 bridgehead atoms. The van der Waals surface area contributed by atoms with Crippen LogP contribution in [0.25, 0.3) is 0 Å². The molecule has 1 aliphatic rings. The van der Waals surface area contributed by atoms with Gasteiger partial charge in [0.25, 0.3) is 0 Å². The van der Waals surface area contributed by atoms with Crippen LogP contribution in [-0.4, -0.2) is 21.1 Å². The van der Waals surface area contributed by atoms with Crippen molar-refractivity contribution in [2.75, 3.05) is 0 Å². The number of hydrogen-bond acceptors (Lipinski definition) is 3. The van der Waals surface area contributed by atoms with Crippen molar-refractivity contribution in [3.63, 3.8) is 0 Å². The summed E-state index contributed by atoms with van der Waals surface area (Å²) in [5, 5.41) is 8.27.